The van der Waals surface area contributed by atoms with Gasteiger partial charge in [0.15, 0.2) is 6.29 Å². The molecule has 0 spiro atoms. The second-order valence-electron chi connectivity index (χ2n) is 5.20. The number of nitrogens with one attached hydrogen (secondary N) is 1. The number of carbonyl (C=O) groups excluding carboxylic acids is 1. The fraction of sp³-hybridized carbons (Fsp3) is 0.118. The minimum absolute atomic E-state index is 0.402. The van der Waals surface area contributed by atoms with E-state index in [-0.39, 0.29) is 0 Å². The van der Waals surface area contributed by atoms with Gasteiger partial charge in [0.05, 0.1) is 16.8 Å². The molecule has 0 radical (unpaired) electrons. The number of aromatic nitrogens is 1. The zero-order valence-corrected chi connectivity index (χ0v) is 12.7. The standard InChI is InChI=1S/C17H11ClF3NO/c1-9-14(18)7-6-12-13(8-23)16(22-15(9)12)10-2-4-11(5-3-10)17(19,20)21/h2-8,22H,1H3. The second kappa shape index (κ2) is 5.42. The summed E-state index contributed by atoms with van der Waals surface area (Å²) in [6.45, 7) is 1.81. The molecule has 2 aromatic carbocycles. The molecular formula is C17H11ClF3NO. The topological polar surface area (TPSA) is 32.9 Å². The van der Waals surface area contributed by atoms with E-state index in [0.717, 1.165) is 17.7 Å². The van der Waals surface area contributed by atoms with Crippen LogP contribution < -0.4 is 0 Å². The number of fused-ring (bicyclic) bond motifs is 1. The van der Waals surface area contributed by atoms with Crippen molar-refractivity contribution in [1.29, 1.82) is 0 Å². The van der Waals surface area contributed by atoms with E-state index in [1.165, 1.54) is 12.1 Å². The molecule has 3 rings (SSSR count). The van der Waals surface area contributed by atoms with Crippen molar-refractivity contribution in [3.63, 3.8) is 0 Å². The van der Waals surface area contributed by atoms with Gasteiger partial charge in [-0.05, 0) is 36.2 Å². The van der Waals surface area contributed by atoms with Crippen molar-refractivity contribution >= 4 is 28.8 Å². The zero-order chi connectivity index (χ0) is 16.8. The molecule has 0 bridgehead atoms. The lowest BCUT2D eigenvalue weighted by Crippen LogP contribution is -2.04. The number of H-pyrrole nitrogens is 1. The van der Waals surface area contributed by atoms with E-state index in [9.17, 15) is 18.0 Å². The highest BCUT2D eigenvalue weighted by atomic mass is 35.5. The van der Waals surface area contributed by atoms with Crippen molar-refractivity contribution < 1.29 is 18.0 Å². The van der Waals surface area contributed by atoms with Crippen LogP contribution in [0.15, 0.2) is 36.4 Å². The molecule has 0 fully saturated rings. The van der Waals surface area contributed by atoms with E-state index in [4.69, 9.17) is 11.6 Å². The van der Waals surface area contributed by atoms with Gasteiger partial charge in [0.25, 0.3) is 0 Å². The van der Waals surface area contributed by atoms with Gasteiger partial charge in [0.2, 0.25) is 0 Å². The van der Waals surface area contributed by atoms with Crippen molar-refractivity contribution in [3.05, 3.63) is 58.1 Å². The fourth-order valence-electron chi connectivity index (χ4n) is 2.57. The normalized spacial score (nSPS) is 11.9. The number of hydrogen-bond acceptors (Lipinski definition) is 1. The van der Waals surface area contributed by atoms with E-state index >= 15 is 0 Å². The molecular weight excluding hydrogens is 327 g/mol. The van der Waals surface area contributed by atoms with Crippen molar-refractivity contribution in [1.82, 2.24) is 4.98 Å². The van der Waals surface area contributed by atoms with Crippen LogP contribution in [0, 0.1) is 6.92 Å². The van der Waals surface area contributed by atoms with Gasteiger partial charge in [-0.2, -0.15) is 13.2 Å². The molecule has 0 unspecified atom stereocenters. The van der Waals surface area contributed by atoms with Gasteiger partial charge in [-0.3, -0.25) is 4.79 Å². The number of benzene rings is 2. The first-order valence-corrected chi connectivity index (χ1v) is 7.14. The van der Waals surface area contributed by atoms with Crippen LogP contribution in [0.3, 0.4) is 0 Å². The average Bonchev–Trinajstić information content (AvgIpc) is 2.89. The number of aldehydes is 1. The summed E-state index contributed by atoms with van der Waals surface area (Å²) in [6, 6.07) is 8.09. The summed E-state index contributed by atoms with van der Waals surface area (Å²) >= 11 is 6.08. The van der Waals surface area contributed by atoms with Crippen LogP contribution in [0.5, 0.6) is 0 Å². The van der Waals surface area contributed by atoms with Crippen LogP contribution >= 0.6 is 11.6 Å². The van der Waals surface area contributed by atoms with Crippen LogP contribution in [0.2, 0.25) is 5.02 Å². The summed E-state index contributed by atoms with van der Waals surface area (Å²) in [5, 5.41) is 1.24. The summed E-state index contributed by atoms with van der Waals surface area (Å²) in [6.07, 6.45) is -3.70. The molecule has 0 aliphatic carbocycles. The molecule has 2 nitrogen and oxygen atoms in total. The third kappa shape index (κ3) is 2.61. The van der Waals surface area contributed by atoms with Crippen LogP contribution in [0.25, 0.3) is 22.2 Å². The van der Waals surface area contributed by atoms with Gasteiger partial charge in [0, 0.05) is 16.0 Å². The molecule has 6 heteroatoms. The average molecular weight is 338 g/mol. The Morgan fingerprint density at radius 2 is 1.74 bits per heavy atom. The van der Waals surface area contributed by atoms with Crippen LogP contribution in [0.1, 0.15) is 21.5 Å². The highest BCUT2D eigenvalue weighted by Gasteiger charge is 2.30. The molecule has 1 aromatic heterocycles. The van der Waals surface area contributed by atoms with E-state index in [1.54, 1.807) is 12.1 Å². The van der Waals surface area contributed by atoms with Crippen LogP contribution in [0.4, 0.5) is 13.2 Å². The number of halogens is 4. The van der Waals surface area contributed by atoms with Crippen LogP contribution in [-0.2, 0) is 6.18 Å². The van der Waals surface area contributed by atoms with Gasteiger partial charge >= 0.3 is 6.18 Å². The lowest BCUT2D eigenvalue weighted by atomic mass is 10.0. The summed E-state index contributed by atoms with van der Waals surface area (Å²) in [5.41, 5.74) is 2.14. The Hall–Kier alpha value is -2.27. The summed E-state index contributed by atoms with van der Waals surface area (Å²) in [7, 11) is 0. The molecule has 0 aliphatic heterocycles. The van der Waals surface area contributed by atoms with E-state index in [0.29, 0.717) is 39.0 Å². The maximum absolute atomic E-state index is 12.7. The largest absolute Gasteiger partial charge is 0.416 e. The molecule has 1 heterocycles. The molecule has 0 saturated carbocycles. The van der Waals surface area contributed by atoms with Gasteiger partial charge in [0.1, 0.15) is 0 Å². The first-order valence-electron chi connectivity index (χ1n) is 6.76. The quantitative estimate of drug-likeness (QED) is 0.604. The fourth-order valence-corrected chi connectivity index (χ4v) is 2.73. The second-order valence-corrected chi connectivity index (χ2v) is 5.61. The zero-order valence-electron chi connectivity index (χ0n) is 12.0. The van der Waals surface area contributed by atoms with E-state index in [1.807, 2.05) is 6.92 Å². The molecule has 118 valence electrons. The summed E-state index contributed by atoms with van der Waals surface area (Å²) in [4.78, 5) is 14.6. The molecule has 0 aliphatic rings. The number of aryl methyl sites for hydroxylation is 1. The highest BCUT2D eigenvalue weighted by molar-refractivity contribution is 6.32. The molecule has 0 amide bonds. The molecule has 0 atom stereocenters. The lowest BCUT2D eigenvalue weighted by molar-refractivity contribution is -0.137. The Kier molecular flexibility index (Phi) is 3.68. The third-order valence-corrected chi connectivity index (χ3v) is 4.24. The smallest absolute Gasteiger partial charge is 0.354 e. The Morgan fingerprint density at radius 1 is 1.09 bits per heavy atom. The Morgan fingerprint density at radius 3 is 2.30 bits per heavy atom. The SMILES string of the molecule is Cc1c(Cl)ccc2c(C=O)c(-c3ccc(C(F)(F)F)cc3)[nH]c12. The minimum Gasteiger partial charge on any atom is -0.354 e. The minimum atomic E-state index is -4.39. The maximum Gasteiger partial charge on any atom is 0.416 e. The summed E-state index contributed by atoms with van der Waals surface area (Å²) < 4.78 is 38.0. The van der Waals surface area contributed by atoms with Gasteiger partial charge < -0.3 is 4.98 Å². The number of carbonyl (C=O) groups is 1. The van der Waals surface area contributed by atoms with Crippen molar-refractivity contribution in [2.75, 3.05) is 0 Å². The number of rotatable bonds is 2. The van der Waals surface area contributed by atoms with Gasteiger partial charge in [-0.15, -0.1) is 0 Å². The van der Waals surface area contributed by atoms with E-state index < -0.39 is 11.7 Å². The Bertz CT molecular complexity index is 895. The first-order chi connectivity index (χ1) is 10.8. The highest BCUT2D eigenvalue weighted by Crippen LogP contribution is 2.35. The van der Waals surface area contributed by atoms with Crippen molar-refractivity contribution in [3.8, 4) is 11.3 Å². The number of aromatic amines is 1. The van der Waals surface area contributed by atoms with Crippen molar-refractivity contribution in [2.45, 2.75) is 13.1 Å². The van der Waals surface area contributed by atoms with Crippen molar-refractivity contribution in [2.24, 2.45) is 0 Å². The summed E-state index contributed by atoms with van der Waals surface area (Å²) in [5.74, 6) is 0. The monoisotopic (exact) mass is 337 g/mol. The van der Waals surface area contributed by atoms with E-state index in [2.05, 4.69) is 4.98 Å². The molecule has 23 heavy (non-hydrogen) atoms. The van der Waals surface area contributed by atoms with Gasteiger partial charge in [-0.1, -0.05) is 29.8 Å². The van der Waals surface area contributed by atoms with Crippen LogP contribution in [-0.4, -0.2) is 11.3 Å². The molecule has 0 saturated heterocycles. The maximum atomic E-state index is 12.7. The predicted molar refractivity (Wildman–Crippen MR) is 83.9 cm³/mol. The number of alkyl halides is 3. The third-order valence-electron chi connectivity index (χ3n) is 3.83. The lowest BCUT2D eigenvalue weighted by Gasteiger charge is -2.07. The molecule has 1 N–H and O–H groups in total. The first kappa shape index (κ1) is 15.6. The Balaban J connectivity index is 2.20. The van der Waals surface area contributed by atoms with Gasteiger partial charge in [-0.25, -0.2) is 0 Å². The number of hydrogen-bond donors (Lipinski definition) is 1. The molecule has 3 aromatic rings. The predicted octanol–water partition coefficient (Wildman–Crippen LogP) is 5.63. The Labute approximate surface area is 134 Å².